The lowest BCUT2D eigenvalue weighted by Gasteiger charge is -2.44. The highest BCUT2D eigenvalue weighted by atomic mass is 16.7. The number of benzene rings is 2. The number of hydrogen-bond donors (Lipinski definition) is 6. The van der Waals surface area contributed by atoms with E-state index >= 15 is 0 Å². The summed E-state index contributed by atoms with van der Waals surface area (Å²) in [5.41, 5.74) is 0.377. The predicted molar refractivity (Wildman–Crippen MR) is 106 cm³/mol. The third-order valence-electron chi connectivity index (χ3n) is 5.81. The number of ketones is 1. The fraction of sp³-hybridized carbons (Fsp3) is 0.364. The first-order chi connectivity index (χ1) is 15.1. The van der Waals surface area contributed by atoms with Crippen LogP contribution in [0.1, 0.15) is 45.5 Å². The molecule has 2 aliphatic rings. The number of hydrogen-bond acceptors (Lipinski definition) is 10. The second-order valence-corrected chi connectivity index (χ2v) is 7.84. The van der Waals surface area contributed by atoms with Gasteiger partial charge < -0.3 is 40.1 Å². The SMILES string of the molecule is CC(=O)O[C@@H]1O[C@H]([C@H]2c3cccc(O)c3C(=O)c3c(O)cc(CO)cc32)[C@@H](O)[C@H](O)[C@H]1O. The van der Waals surface area contributed by atoms with Crippen LogP contribution in [0.4, 0.5) is 0 Å². The lowest BCUT2D eigenvalue weighted by Crippen LogP contribution is -2.60. The number of phenolic OH excluding ortho intramolecular Hbond substituents is 2. The molecule has 32 heavy (non-hydrogen) atoms. The van der Waals surface area contributed by atoms with Crippen molar-refractivity contribution in [2.24, 2.45) is 0 Å². The summed E-state index contributed by atoms with van der Waals surface area (Å²) in [6.07, 6.45) is -8.19. The number of carbonyl (C=O) groups is 2. The van der Waals surface area contributed by atoms with Crippen molar-refractivity contribution in [3.05, 3.63) is 58.1 Å². The molecule has 4 rings (SSSR count). The number of aromatic hydroxyl groups is 2. The van der Waals surface area contributed by atoms with Crippen LogP contribution in [0.3, 0.4) is 0 Å². The Morgan fingerprint density at radius 1 is 1.00 bits per heavy atom. The molecule has 0 saturated carbocycles. The van der Waals surface area contributed by atoms with Crippen LogP contribution in [0.5, 0.6) is 11.5 Å². The molecule has 1 heterocycles. The van der Waals surface area contributed by atoms with Crippen molar-refractivity contribution in [2.75, 3.05) is 0 Å². The topological polar surface area (TPSA) is 174 Å². The molecule has 1 saturated heterocycles. The first kappa shape index (κ1) is 22.2. The molecule has 2 aromatic carbocycles. The Balaban J connectivity index is 1.93. The molecule has 0 bridgehead atoms. The zero-order chi connectivity index (χ0) is 23.3. The molecule has 170 valence electrons. The summed E-state index contributed by atoms with van der Waals surface area (Å²) in [5.74, 6) is -3.32. The molecular formula is C22H22O10. The second-order valence-electron chi connectivity index (χ2n) is 7.84. The molecule has 0 aromatic heterocycles. The molecule has 1 aliphatic carbocycles. The van der Waals surface area contributed by atoms with E-state index < -0.39 is 60.7 Å². The van der Waals surface area contributed by atoms with Gasteiger partial charge in [0.25, 0.3) is 0 Å². The van der Waals surface area contributed by atoms with Gasteiger partial charge in [-0.15, -0.1) is 0 Å². The van der Waals surface area contributed by atoms with Gasteiger partial charge in [-0.25, -0.2) is 0 Å². The van der Waals surface area contributed by atoms with Crippen LogP contribution in [-0.4, -0.2) is 73.1 Å². The molecule has 0 spiro atoms. The van der Waals surface area contributed by atoms with Crippen molar-refractivity contribution < 1.29 is 49.7 Å². The maximum absolute atomic E-state index is 13.1. The third kappa shape index (κ3) is 3.42. The van der Waals surface area contributed by atoms with Crippen LogP contribution in [0.25, 0.3) is 0 Å². The van der Waals surface area contributed by atoms with E-state index in [1.807, 2.05) is 0 Å². The highest BCUT2D eigenvalue weighted by molar-refractivity contribution is 6.16. The van der Waals surface area contributed by atoms with E-state index in [4.69, 9.17) is 9.47 Å². The molecule has 0 unspecified atom stereocenters. The van der Waals surface area contributed by atoms with E-state index in [0.717, 1.165) is 6.92 Å². The molecule has 1 aliphatic heterocycles. The summed E-state index contributed by atoms with van der Waals surface area (Å²) in [5, 5.41) is 61.9. The zero-order valence-electron chi connectivity index (χ0n) is 16.9. The summed E-state index contributed by atoms with van der Waals surface area (Å²) in [6.45, 7) is 0.621. The monoisotopic (exact) mass is 446 g/mol. The van der Waals surface area contributed by atoms with Gasteiger partial charge in [0, 0.05) is 12.8 Å². The Labute approximate surface area is 181 Å². The maximum Gasteiger partial charge on any atom is 0.305 e. The molecule has 6 N–H and O–H groups in total. The van der Waals surface area contributed by atoms with Gasteiger partial charge in [-0.05, 0) is 28.8 Å². The van der Waals surface area contributed by atoms with Crippen molar-refractivity contribution in [3.8, 4) is 11.5 Å². The normalized spacial score (nSPS) is 29.2. The molecule has 1 fully saturated rings. The number of aliphatic hydroxyl groups excluding tert-OH is 4. The Hall–Kier alpha value is -3.02. The van der Waals surface area contributed by atoms with Crippen molar-refractivity contribution in [1.29, 1.82) is 0 Å². The summed E-state index contributed by atoms with van der Waals surface area (Å²) < 4.78 is 10.6. The van der Waals surface area contributed by atoms with Crippen molar-refractivity contribution in [1.82, 2.24) is 0 Å². The molecule has 0 radical (unpaired) electrons. The number of phenols is 2. The van der Waals surface area contributed by atoms with Crippen molar-refractivity contribution >= 4 is 11.8 Å². The van der Waals surface area contributed by atoms with Gasteiger partial charge in [-0.3, -0.25) is 9.59 Å². The van der Waals surface area contributed by atoms with Crippen LogP contribution in [0.15, 0.2) is 30.3 Å². The first-order valence-electron chi connectivity index (χ1n) is 9.85. The largest absolute Gasteiger partial charge is 0.507 e. The van der Waals surface area contributed by atoms with Gasteiger partial charge in [0.1, 0.15) is 35.9 Å². The number of esters is 1. The van der Waals surface area contributed by atoms with Gasteiger partial charge in [0.15, 0.2) is 0 Å². The minimum atomic E-state index is -1.77. The number of rotatable bonds is 3. The molecule has 2 aromatic rings. The van der Waals surface area contributed by atoms with E-state index in [0.29, 0.717) is 0 Å². The fourth-order valence-corrected chi connectivity index (χ4v) is 4.41. The smallest absolute Gasteiger partial charge is 0.305 e. The second kappa shape index (κ2) is 8.15. The minimum absolute atomic E-state index is 0.127. The average molecular weight is 446 g/mol. The molecule has 6 atom stereocenters. The van der Waals surface area contributed by atoms with Gasteiger partial charge >= 0.3 is 5.97 Å². The lowest BCUT2D eigenvalue weighted by atomic mass is 9.71. The molecule has 10 nitrogen and oxygen atoms in total. The van der Waals surface area contributed by atoms with Gasteiger partial charge in [-0.2, -0.15) is 0 Å². The highest BCUT2D eigenvalue weighted by Crippen LogP contribution is 2.47. The number of ether oxygens (including phenoxy) is 2. The van der Waals surface area contributed by atoms with Crippen LogP contribution >= 0.6 is 0 Å². The van der Waals surface area contributed by atoms with Crippen LogP contribution in [-0.2, 0) is 20.9 Å². The Kier molecular flexibility index (Phi) is 5.65. The summed E-state index contributed by atoms with van der Waals surface area (Å²) in [4.78, 5) is 24.6. The summed E-state index contributed by atoms with van der Waals surface area (Å²) in [6, 6.07) is 6.92. The van der Waals surface area contributed by atoms with E-state index in [1.165, 1.54) is 30.3 Å². The molecule has 0 amide bonds. The quantitative estimate of drug-likeness (QED) is 0.342. The van der Waals surface area contributed by atoms with Crippen LogP contribution < -0.4 is 0 Å². The van der Waals surface area contributed by atoms with E-state index in [2.05, 4.69) is 0 Å². The fourth-order valence-electron chi connectivity index (χ4n) is 4.41. The number of fused-ring (bicyclic) bond motifs is 2. The maximum atomic E-state index is 13.1. The van der Waals surface area contributed by atoms with Gasteiger partial charge in [0.05, 0.1) is 17.7 Å². The minimum Gasteiger partial charge on any atom is -0.507 e. The lowest BCUT2D eigenvalue weighted by molar-refractivity contribution is -0.289. The highest BCUT2D eigenvalue weighted by Gasteiger charge is 2.51. The van der Waals surface area contributed by atoms with Crippen molar-refractivity contribution in [2.45, 2.75) is 50.2 Å². The van der Waals surface area contributed by atoms with Gasteiger partial charge in [0.2, 0.25) is 12.1 Å². The predicted octanol–water partition coefficient (Wildman–Crippen LogP) is -0.363. The first-order valence-corrected chi connectivity index (χ1v) is 9.85. The van der Waals surface area contributed by atoms with Crippen LogP contribution in [0.2, 0.25) is 0 Å². The number of aliphatic hydroxyl groups is 4. The summed E-state index contributed by atoms with van der Waals surface area (Å²) in [7, 11) is 0. The van der Waals surface area contributed by atoms with Crippen LogP contribution in [0, 0.1) is 0 Å². The van der Waals surface area contributed by atoms with E-state index in [1.54, 1.807) is 0 Å². The Morgan fingerprint density at radius 2 is 1.69 bits per heavy atom. The standard InChI is InChI=1S/C22H22O10/c1-8(24)31-22-20(30)18(28)19(29)21(32-22)14-10-3-2-4-12(25)15(10)17(27)16-11(14)5-9(7-23)6-13(16)26/h2-6,14,18-23,25-26,28-30H,7H2,1H3/t14-,18-,19-,20+,21+,22+/m0/s1. The Morgan fingerprint density at radius 3 is 2.34 bits per heavy atom. The number of carbonyl (C=O) groups excluding carboxylic acids is 2. The zero-order valence-corrected chi connectivity index (χ0v) is 16.9. The van der Waals surface area contributed by atoms with E-state index in [-0.39, 0.29) is 33.6 Å². The third-order valence-corrected chi connectivity index (χ3v) is 5.81. The summed E-state index contributed by atoms with van der Waals surface area (Å²) >= 11 is 0. The molecule has 10 heteroatoms. The average Bonchev–Trinajstić information content (AvgIpc) is 2.74. The van der Waals surface area contributed by atoms with Crippen molar-refractivity contribution in [3.63, 3.8) is 0 Å². The Bertz CT molecular complexity index is 1080. The molecular weight excluding hydrogens is 424 g/mol. The van der Waals surface area contributed by atoms with E-state index in [9.17, 15) is 40.2 Å². The van der Waals surface area contributed by atoms with Gasteiger partial charge in [-0.1, -0.05) is 18.2 Å².